The largest absolute Gasteiger partial charge is 0.748 e. The number of methoxy groups -OCH3 is 1. The van der Waals surface area contributed by atoms with Crippen LogP contribution in [0.3, 0.4) is 0 Å². The van der Waals surface area contributed by atoms with E-state index in [1.54, 1.807) is 25.4 Å². The molecule has 0 saturated heterocycles. The third-order valence-electron chi connectivity index (χ3n) is 2.47. The molecule has 6 nitrogen and oxygen atoms in total. The van der Waals surface area contributed by atoms with Gasteiger partial charge in [-0.25, -0.2) is 8.42 Å². The van der Waals surface area contributed by atoms with Crippen molar-refractivity contribution in [3.05, 3.63) is 30.5 Å². The second kappa shape index (κ2) is 4.87. The van der Waals surface area contributed by atoms with E-state index in [-0.39, 0.29) is 6.54 Å². The molecule has 0 N–H and O–H groups in total. The molecule has 18 heavy (non-hydrogen) atoms. The first kappa shape index (κ1) is 12.7. The summed E-state index contributed by atoms with van der Waals surface area (Å²) in [5.74, 6) is 0.198. The molecule has 1 heterocycles. The van der Waals surface area contributed by atoms with Crippen molar-refractivity contribution < 1.29 is 22.4 Å². The molecule has 0 atom stereocenters. The Morgan fingerprint density at radius 1 is 1.39 bits per heavy atom. The minimum atomic E-state index is -4.22. The van der Waals surface area contributed by atoms with Gasteiger partial charge in [-0.3, -0.25) is 0 Å². The van der Waals surface area contributed by atoms with Gasteiger partial charge >= 0.3 is 0 Å². The quantitative estimate of drug-likeness (QED) is 0.579. The Kier molecular flexibility index (Phi) is 3.44. The fourth-order valence-electron chi connectivity index (χ4n) is 1.55. The predicted octanol–water partition coefficient (Wildman–Crippen LogP) is 0.0761. The number of rotatable bonds is 4. The van der Waals surface area contributed by atoms with Gasteiger partial charge < -0.3 is 9.29 Å². The molecule has 7 heteroatoms. The standard InChI is InChI=1S/C11H12N2O4S/c1-17-10-3-2-9-4-5-13(12-11(9)8-10)6-7-18(14,15)16/h2-5,8H,6-7H2,1H3. The molecule has 96 valence electrons. The number of hydrogen-bond acceptors (Lipinski definition) is 5. The van der Waals surface area contributed by atoms with Crippen LogP contribution in [-0.2, 0) is 16.7 Å². The van der Waals surface area contributed by atoms with E-state index >= 15 is 0 Å². The average molecular weight is 268 g/mol. The maximum absolute atomic E-state index is 10.6. The van der Waals surface area contributed by atoms with Crippen LogP contribution < -0.4 is 9.42 Å². The van der Waals surface area contributed by atoms with E-state index in [0.29, 0.717) is 11.3 Å². The van der Waals surface area contributed by atoms with Gasteiger partial charge in [0.25, 0.3) is 0 Å². The molecular weight excluding hydrogens is 256 g/mol. The van der Waals surface area contributed by atoms with Crippen molar-refractivity contribution in [3.8, 4) is 5.75 Å². The Hall–Kier alpha value is -1.73. The number of ether oxygens (including phenoxy) is 1. The van der Waals surface area contributed by atoms with Crippen LogP contribution >= 0.6 is 0 Å². The minimum absolute atomic E-state index is 0.0407. The molecule has 2 aromatic rings. The van der Waals surface area contributed by atoms with Crippen molar-refractivity contribution in [1.82, 2.24) is 5.10 Å². The zero-order valence-corrected chi connectivity index (χ0v) is 10.6. The summed E-state index contributed by atoms with van der Waals surface area (Å²) in [6, 6.07) is 7.23. The number of hydrogen-bond donors (Lipinski definition) is 0. The molecule has 0 radical (unpaired) electrons. The highest BCUT2D eigenvalue weighted by atomic mass is 32.2. The molecule has 0 bridgehead atoms. The van der Waals surface area contributed by atoms with E-state index in [9.17, 15) is 13.0 Å². The molecule has 0 spiro atoms. The maximum Gasteiger partial charge on any atom is 0.196 e. The monoisotopic (exact) mass is 268 g/mol. The zero-order chi connectivity index (χ0) is 13.2. The van der Waals surface area contributed by atoms with Crippen molar-refractivity contribution >= 4 is 21.0 Å². The second-order valence-electron chi connectivity index (χ2n) is 3.77. The topological polar surface area (TPSA) is 83.2 Å². The van der Waals surface area contributed by atoms with Crippen molar-refractivity contribution in [2.75, 3.05) is 12.9 Å². The van der Waals surface area contributed by atoms with E-state index in [0.717, 1.165) is 5.39 Å². The molecule has 0 unspecified atom stereocenters. The van der Waals surface area contributed by atoms with E-state index in [1.807, 2.05) is 12.1 Å². The highest BCUT2D eigenvalue weighted by molar-refractivity contribution is 7.85. The molecular formula is C11H12N2O4S. The van der Waals surface area contributed by atoms with Gasteiger partial charge in [0.05, 0.1) is 12.9 Å². The van der Waals surface area contributed by atoms with Gasteiger partial charge in [0.15, 0.2) is 12.7 Å². The van der Waals surface area contributed by atoms with Crippen LogP contribution in [0, 0.1) is 0 Å². The SMILES string of the molecule is COc1ccc2cc[n+](CCS(=O)(=O)[O-])nc2c1. The average Bonchev–Trinajstić information content (AvgIpc) is 2.34. The summed E-state index contributed by atoms with van der Waals surface area (Å²) in [6.45, 7) is 0.0407. The number of benzene rings is 1. The molecule has 1 aromatic carbocycles. The summed E-state index contributed by atoms with van der Waals surface area (Å²) >= 11 is 0. The fraction of sp³-hybridized carbons (Fsp3) is 0.273. The maximum atomic E-state index is 10.6. The Bertz CT molecular complexity index is 670. The summed E-state index contributed by atoms with van der Waals surface area (Å²) < 4.78 is 38.2. The highest BCUT2D eigenvalue weighted by Crippen LogP contribution is 2.16. The van der Waals surface area contributed by atoms with Gasteiger partial charge in [-0.2, -0.15) is 0 Å². The van der Waals surface area contributed by atoms with Crippen LogP contribution in [0.5, 0.6) is 5.75 Å². The third-order valence-corrected chi connectivity index (χ3v) is 3.15. The minimum Gasteiger partial charge on any atom is -0.748 e. The van der Waals surface area contributed by atoms with Crippen molar-refractivity contribution in [1.29, 1.82) is 0 Å². The van der Waals surface area contributed by atoms with Gasteiger partial charge in [-0.05, 0) is 12.1 Å². The number of aryl methyl sites for hydroxylation is 1. The molecule has 0 aliphatic rings. The summed E-state index contributed by atoms with van der Waals surface area (Å²) in [6.07, 6.45) is 1.64. The van der Waals surface area contributed by atoms with Gasteiger partial charge in [0.1, 0.15) is 21.4 Å². The first-order valence-corrected chi connectivity index (χ1v) is 6.84. The number of aromatic nitrogens is 2. The summed E-state index contributed by atoms with van der Waals surface area (Å²) in [4.78, 5) is 0. The molecule has 0 aliphatic heterocycles. The first-order valence-electron chi connectivity index (χ1n) is 5.26. The lowest BCUT2D eigenvalue weighted by Gasteiger charge is -2.03. The molecule has 0 fully saturated rings. The molecule has 1 aromatic heterocycles. The summed E-state index contributed by atoms with van der Waals surface area (Å²) in [7, 11) is -2.67. The Morgan fingerprint density at radius 3 is 2.83 bits per heavy atom. The fourth-order valence-corrected chi connectivity index (χ4v) is 1.96. The van der Waals surface area contributed by atoms with E-state index in [1.165, 1.54) is 4.68 Å². The Morgan fingerprint density at radius 2 is 2.17 bits per heavy atom. The molecule has 0 saturated carbocycles. The van der Waals surface area contributed by atoms with Gasteiger partial charge in [0.2, 0.25) is 0 Å². The smallest absolute Gasteiger partial charge is 0.196 e. The lowest BCUT2D eigenvalue weighted by atomic mass is 10.2. The Labute approximate surface area is 105 Å². The van der Waals surface area contributed by atoms with Crippen LogP contribution in [0.4, 0.5) is 0 Å². The van der Waals surface area contributed by atoms with Gasteiger partial charge in [-0.1, -0.05) is 4.68 Å². The number of fused-ring (bicyclic) bond motifs is 1. The van der Waals surface area contributed by atoms with Gasteiger partial charge in [0, 0.05) is 22.6 Å². The van der Waals surface area contributed by atoms with Crippen LogP contribution in [0.15, 0.2) is 30.5 Å². The number of nitrogens with zero attached hydrogens (tertiary/aromatic N) is 2. The van der Waals surface area contributed by atoms with Crippen molar-refractivity contribution in [2.24, 2.45) is 0 Å². The molecule has 0 amide bonds. The van der Waals surface area contributed by atoms with E-state index in [4.69, 9.17) is 4.74 Å². The molecule has 2 rings (SSSR count). The molecule has 0 aliphatic carbocycles. The summed E-state index contributed by atoms with van der Waals surface area (Å²) in [5, 5.41) is 5.13. The van der Waals surface area contributed by atoms with Crippen LogP contribution in [-0.4, -0.2) is 30.9 Å². The lowest BCUT2D eigenvalue weighted by molar-refractivity contribution is -0.747. The lowest BCUT2D eigenvalue weighted by Crippen LogP contribution is -2.40. The van der Waals surface area contributed by atoms with Crippen LogP contribution in [0.2, 0.25) is 0 Å². The van der Waals surface area contributed by atoms with E-state index in [2.05, 4.69) is 5.10 Å². The first-order chi connectivity index (χ1) is 8.48. The predicted molar refractivity (Wildman–Crippen MR) is 63.1 cm³/mol. The highest BCUT2D eigenvalue weighted by Gasteiger charge is 2.08. The van der Waals surface area contributed by atoms with Crippen LogP contribution in [0.25, 0.3) is 10.9 Å². The third kappa shape index (κ3) is 3.14. The van der Waals surface area contributed by atoms with Crippen molar-refractivity contribution in [2.45, 2.75) is 6.54 Å². The second-order valence-corrected chi connectivity index (χ2v) is 5.29. The van der Waals surface area contributed by atoms with Gasteiger partial charge in [-0.15, -0.1) is 0 Å². The zero-order valence-electron chi connectivity index (χ0n) is 9.74. The van der Waals surface area contributed by atoms with E-state index < -0.39 is 15.9 Å². The van der Waals surface area contributed by atoms with Crippen LogP contribution in [0.1, 0.15) is 0 Å². The van der Waals surface area contributed by atoms with Crippen molar-refractivity contribution in [3.63, 3.8) is 0 Å². The normalized spacial score (nSPS) is 11.7. The summed E-state index contributed by atoms with van der Waals surface area (Å²) in [5.41, 5.74) is 0.681. The Balaban J connectivity index is 2.31.